The molecule has 0 aliphatic rings. The first kappa shape index (κ1) is 18.4. The zero-order valence-corrected chi connectivity index (χ0v) is 14.8. The van der Waals surface area contributed by atoms with Crippen LogP contribution in [0.1, 0.15) is 17.5 Å². The molecular formula is C23H19NO3. The van der Waals surface area contributed by atoms with Crippen molar-refractivity contribution in [2.24, 2.45) is 0 Å². The Kier molecular flexibility index (Phi) is 6.35. The maximum atomic E-state index is 11.9. The molecule has 0 unspecified atom stereocenters. The highest BCUT2D eigenvalue weighted by atomic mass is 16.5. The molecule has 27 heavy (non-hydrogen) atoms. The molecular weight excluding hydrogens is 338 g/mol. The number of hydrogen-bond acceptors (Lipinski definition) is 4. The molecule has 3 aromatic carbocycles. The Morgan fingerprint density at radius 3 is 2.11 bits per heavy atom. The van der Waals surface area contributed by atoms with Crippen molar-refractivity contribution >= 4 is 5.97 Å². The van der Waals surface area contributed by atoms with E-state index in [9.17, 15) is 4.79 Å². The van der Waals surface area contributed by atoms with E-state index in [4.69, 9.17) is 14.7 Å². The summed E-state index contributed by atoms with van der Waals surface area (Å²) >= 11 is 0. The number of rotatable bonds is 7. The van der Waals surface area contributed by atoms with Crippen molar-refractivity contribution < 1.29 is 14.3 Å². The largest absolute Gasteiger partial charge is 0.426 e. The van der Waals surface area contributed by atoms with Gasteiger partial charge in [0, 0.05) is 0 Å². The van der Waals surface area contributed by atoms with Crippen molar-refractivity contribution in [3.05, 3.63) is 90.0 Å². The molecule has 4 heteroatoms. The molecule has 0 heterocycles. The molecule has 0 atom stereocenters. The third-order valence-corrected chi connectivity index (χ3v) is 4.00. The van der Waals surface area contributed by atoms with Crippen LogP contribution in [0.3, 0.4) is 0 Å². The molecule has 0 fully saturated rings. The van der Waals surface area contributed by atoms with Gasteiger partial charge in [0.15, 0.2) is 0 Å². The van der Waals surface area contributed by atoms with E-state index in [2.05, 4.69) is 6.07 Å². The minimum atomic E-state index is -0.325. The third kappa shape index (κ3) is 5.53. The average molecular weight is 357 g/mol. The lowest BCUT2D eigenvalue weighted by molar-refractivity contribution is -0.135. The predicted octanol–water partition coefficient (Wildman–Crippen LogP) is 4.74. The first-order chi connectivity index (χ1) is 13.2. The van der Waals surface area contributed by atoms with Crippen molar-refractivity contribution in [2.75, 3.05) is 6.61 Å². The lowest BCUT2D eigenvalue weighted by Gasteiger charge is -2.07. The van der Waals surface area contributed by atoms with Crippen LogP contribution >= 0.6 is 0 Å². The SMILES string of the molecule is N#Cc1ccc(-c2ccc(OC(=O)CCOCc3ccccc3)cc2)cc1. The summed E-state index contributed by atoms with van der Waals surface area (Å²) in [5, 5.41) is 8.85. The molecule has 0 aliphatic heterocycles. The predicted molar refractivity (Wildman–Crippen MR) is 103 cm³/mol. The average Bonchev–Trinajstić information content (AvgIpc) is 2.73. The van der Waals surface area contributed by atoms with E-state index in [1.807, 2.05) is 54.6 Å². The Hall–Kier alpha value is -3.42. The molecule has 4 nitrogen and oxygen atoms in total. The number of esters is 1. The molecule has 3 aromatic rings. The van der Waals surface area contributed by atoms with Crippen LogP contribution in [0.15, 0.2) is 78.9 Å². The molecule has 0 saturated heterocycles. The molecule has 0 spiro atoms. The Morgan fingerprint density at radius 1 is 0.852 bits per heavy atom. The number of hydrogen-bond donors (Lipinski definition) is 0. The summed E-state index contributed by atoms with van der Waals surface area (Å²) in [5.41, 5.74) is 3.69. The van der Waals surface area contributed by atoms with Crippen LogP contribution in [0.25, 0.3) is 11.1 Å². The quantitative estimate of drug-likeness (QED) is 0.348. The van der Waals surface area contributed by atoms with Gasteiger partial charge in [-0.15, -0.1) is 0 Å². The summed E-state index contributed by atoms with van der Waals surface area (Å²) in [4.78, 5) is 11.9. The van der Waals surface area contributed by atoms with Gasteiger partial charge in [-0.05, 0) is 41.0 Å². The Labute approximate surface area is 158 Å². The van der Waals surface area contributed by atoms with Crippen molar-refractivity contribution in [3.63, 3.8) is 0 Å². The summed E-state index contributed by atoms with van der Waals surface area (Å²) in [6, 6.07) is 26.5. The van der Waals surface area contributed by atoms with E-state index in [1.165, 1.54) is 0 Å². The normalized spacial score (nSPS) is 10.2. The number of carbonyl (C=O) groups excluding carboxylic acids is 1. The van der Waals surface area contributed by atoms with Crippen molar-refractivity contribution in [3.8, 4) is 22.9 Å². The minimum absolute atomic E-state index is 0.199. The summed E-state index contributed by atoms with van der Waals surface area (Å²) in [5.74, 6) is 0.176. The van der Waals surface area contributed by atoms with Crippen LogP contribution in [0.2, 0.25) is 0 Å². The highest BCUT2D eigenvalue weighted by molar-refractivity contribution is 5.73. The molecule has 0 radical (unpaired) electrons. The molecule has 0 bridgehead atoms. The summed E-state index contributed by atoms with van der Waals surface area (Å²) in [6.45, 7) is 0.796. The van der Waals surface area contributed by atoms with Gasteiger partial charge in [-0.3, -0.25) is 4.79 Å². The third-order valence-electron chi connectivity index (χ3n) is 4.00. The van der Waals surface area contributed by atoms with Crippen LogP contribution in [-0.2, 0) is 16.1 Å². The van der Waals surface area contributed by atoms with Gasteiger partial charge in [0.25, 0.3) is 0 Å². The molecule has 0 aliphatic carbocycles. The van der Waals surface area contributed by atoms with E-state index in [0.717, 1.165) is 16.7 Å². The first-order valence-electron chi connectivity index (χ1n) is 8.67. The van der Waals surface area contributed by atoms with Gasteiger partial charge < -0.3 is 9.47 Å². The maximum Gasteiger partial charge on any atom is 0.313 e. The molecule has 0 aromatic heterocycles. The number of benzene rings is 3. The van der Waals surface area contributed by atoms with Crippen LogP contribution in [-0.4, -0.2) is 12.6 Å². The molecule has 3 rings (SSSR count). The van der Waals surface area contributed by atoms with Gasteiger partial charge in [-0.25, -0.2) is 0 Å². The van der Waals surface area contributed by atoms with Gasteiger partial charge in [-0.1, -0.05) is 54.6 Å². The van der Waals surface area contributed by atoms with Crippen LogP contribution in [0.5, 0.6) is 5.75 Å². The van der Waals surface area contributed by atoms with E-state index in [-0.39, 0.29) is 12.4 Å². The maximum absolute atomic E-state index is 11.9. The van der Waals surface area contributed by atoms with E-state index < -0.39 is 0 Å². The minimum Gasteiger partial charge on any atom is -0.426 e. The fourth-order valence-corrected chi connectivity index (χ4v) is 2.55. The van der Waals surface area contributed by atoms with Gasteiger partial charge in [0.2, 0.25) is 0 Å². The Morgan fingerprint density at radius 2 is 1.48 bits per heavy atom. The molecule has 134 valence electrons. The van der Waals surface area contributed by atoms with Gasteiger partial charge in [-0.2, -0.15) is 5.26 Å². The van der Waals surface area contributed by atoms with Crippen molar-refractivity contribution in [1.29, 1.82) is 5.26 Å². The Bertz CT molecular complexity index is 911. The van der Waals surface area contributed by atoms with Gasteiger partial charge >= 0.3 is 5.97 Å². The highest BCUT2D eigenvalue weighted by Crippen LogP contribution is 2.23. The molecule has 0 N–H and O–H groups in total. The van der Waals surface area contributed by atoms with Crippen LogP contribution in [0, 0.1) is 11.3 Å². The van der Waals surface area contributed by atoms with Crippen molar-refractivity contribution in [2.45, 2.75) is 13.0 Å². The monoisotopic (exact) mass is 357 g/mol. The fourth-order valence-electron chi connectivity index (χ4n) is 2.55. The highest BCUT2D eigenvalue weighted by Gasteiger charge is 2.06. The van der Waals surface area contributed by atoms with E-state index in [0.29, 0.717) is 24.5 Å². The van der Waals surface area contributed by atoms with Crippen LogP contribution in [0.4, 0.5) is 0 Å². The zero-order chi connectivity index (χ0) is 18.9. The zero-order valence-electron chi connectivity index (χ0n) is 14.8. The number of nitriles is 1. The second kappa shape index (κ2) is 9.33. The van der Waals surface area contributed by atoms with Crippen molar-refractivity contribution in [1.82, 2.24) is 0 Å². The lowest BCUT2D eigenvalue weighted by atomic mass is 10.0. The fraction of sp³-hybridized carbons (Fsp3) is 0.130. The molecule has 0 saturated carbocycles. The van der Waals surface area contributed by atoms with Crippen LogP contribution < -0.4 is 4.74 Å². The molecule has 0 amide bonds. The van der Waals surface area contributed by atoms with E-state index in [1.54, 1.807) is 24.3 Å². The van der Waals surface area contributed by atoms with Gasteiger partial charge in [0.05, 0.1) is 31.3 Å². The first-order valence-corrected chi connectivity index (χ1v) is 8.67. The second-order valence-corrected chi connectivity index (χ2v) is 5.98. The summed E-state index contributed by atoms with van der Waals surface area (Å²) in [7, 11) is 0. The summed E-state index contributed by atoms with van der Waals surface area (Å²) < 4.78 is 10.8. The second-order valence-electron chi connectivity index (χ2n) is 5.98. The Balaban J connectivity index is 1.46. The number of nitrogens with zero attached hydrogens (tertiary/aromatic N) is 1. The number of carbonyl (C=O) groups is 1. The standard InChI is InChI=1S/C23H19NO3/c24-16-18-6-8-20(9-7-18)21-10-12-22(13-11-21)27-23(25)14-15-26-17-19-4-2-1-3-5-19/h1-13H,14-15,17H2. The number of ether oxygens (including phenoxy) is 2. The smallest absolute Gasteiger partial charge is 0.313 e. The van der Waals surface area contributed by atoms with Gasteiger partial charge in [0.1, 0.15) is 5.75 Å². The lowest BCUT2D eigenvalue weighted by Crippen LogP contribution is -2.11. The summed E-state index contributed by atoms with van der Waals surface area (Å²) in [6.07, 6.45) is 0.199. The van der Waals surface area contributed by atoms with E-state index >= 15 is 0 Å². The topological polar surface area (TPSA) is 59.3 Å².